The second-order valence-electron chi connectivity index (χ2n) is 8.91. The maximum atomic E-state index is 13.7. The van der Waals surface area contributed by atoms with Crippen LogP contribution in [0.25, 0.3) is 0 Å². The van der Waals surface area contributed by atoms with Gasteiger partial charge in [-0.05, 0) is 46.9 Å². The topological polar surface area (TPSA) is 211 Å². The van der Waals surface area contributed by atoms with E-state index >= 15 is 0 Å². The van der Waals surface area contributed by atoms with Crippen molar-refractivity contribution >= 4 is 19.7 Å². The number of carbonyl (C=O) groups is 1. The smallest absolute Gasteiger partial charge is 0.461 e. The van der Waals surface area contributed by atoms with Crippen LogP contribution in [0.5, 0.6) is 5.75 Å². The van der Waals surface area contributed by atoms with Gasteiger partial charge in [0.05, 0.1) is 12.7 Å². The molecule has 16 nitrogen and oxygen atoms in total. The molecule has 0 aliphatic carbocycles. The number of aromatic nitrogens is 3. The third kappa shape index (κ3) is 7.53. The number of likely N-dealkylation sites (N-methyl/N-ethyl adjacent to an activating group) is 1. The van der Waals surface area contributed by atoms with Crippen molar-refractivity contribution in [3.63, 3.8) is 0 Å². The lowest BCUT2D eigenvalue weighted by Gasteiger charge is -2.31. The van der Waals surface area contributed by atoms with Gasteiger partial charge in [-0.3, -0.25) is 18.9 Å². The van der Waals surface area contributed by atoms with Gasteiger partial charge in [-0.1, -0.05) is 34.5 Å². The van der Waals surface area contributed by atoms with Crippen LogP contribution in [0.3, 0.4) is 0 Å². The highest BCUT2D eigenvalue weighted by atomic mass is 31.2. The fraction of sp³-hybridized carbons (Fsp3) is 0.500. The van der Waals surface area contributed by atoms with E-state index in [-0.39, 0.29) is 11.7 Å². The Labute approximate surface area is 235 Å². The van der Waals surface area contributed by atoms with Crippen LogP contribution in [0.4, 0.5) is 5.95 Å². The lowest BCUT2D eigenvalue weighted by Crippen LogP contribution is -2.56. The van der Waals surface area contributed by atoms with Crippen molar-refractivity contribution in [2.24, 2.45) is 16.2 Å². The number of nitrogens with zero attached hydrogens (tertiary/aromatic N) is 5. The zero-order chi connectivity index (χ0) is 30.2. The van der Waals surface area contributed by atoms with Gasteiger partial charge in [-0.2, -0.15) is 9.97 Å². The predicted molar refractivity (Wildman–Crippen MR) is 143 cm³/mol. The lowest BCUT2D eigenvalue weighted by atomic mass is 9.90. The SMILES string of the molecule is CC#C[C@@]1(NC)[C@@H](O)[C@@H](COP(=O)(Oc2ccccc2)O[C@@H](C)C(=O)OC(C)C)O[C@H]1n1cnc(N=NN)nc1=O. The first-order chi connectivity index (χ1) is 19.5. The summed E-state index contributed by atoms with van der Waals surface area (Å²) in [7, 11) is -3.03. The highest BCUT2D eigenvalue weighted by molar-refractivity contribution is 7.49. The number of aliphatic hydroxyl groups excluding tert-OH is 1. The molecule has 6 atom stereocenters. The van der Waals surface area contributed by atoms with Crippen molar-refractivity contribution in [1.29, 1.82) is 0 Å². The van der Waals surface area contributed by atoms with Crippen LogP contribution >= 0.6 is 7.82 Å². The number of hydrogen-bond acceptors (Lipinski definition) is 14. The molecule has 4 N–H and O–H groups in total. The average molecular weight is 594 g/mol. The summed E-state index contributed by atoms with van der Waals surface area (Å²) < 4.78 is 42.4. The molecule has 0 bridgehead atoms. The van der Waals surface area contributed by atoms with E-state index in [2.05, 4.69) is 37.5 Å². The molecule has 1 unspecified atom stereocenters. The van der Waals surface area contributed by atoms with E-state index in [1.807, 2.05) is 0 Å². The largest absolute Gasteiger partial charge is 0.530 e. The molecule has 1 aliphatic heterocycles. The molecule has 1 saturated heterocycles. The van der Waals surface area contributed by atoms with E-state index in [1.165, 1.54) is 33.0 Å². The van der Waals surface area contributed by atoms with E-state index in [0.717, 1.165) is 10.9 Å². The number of aliphatic hydroxyl groups is 1. The van der Waals surface area contributed by atoms with Gasteiger partial charge in [0.15, 0.2) is 17.9 Å². The standard InChI is InChI=1S/C24H32N7O9P/c1-6-12-24(26-5)19(32)18(38-21(24)31-14-27-22(29-30-25)28-23(31)34)13-36-41(35,40-17-10-8-7-9-11-17)39-16(4)20(33)37-15(2)3/h7-11,14-16,18-19,21,26,32H,13H2,1-5H3,(H2,25,28,29,34)/t16-,18+,19-,21+,24+,41?/m0/s1. The number of nitrogens with two attached hydrogens (primary N) is 1. The highest BCUT2D eigenvalue weighted by Crippen LogP contribution is 2.51. The van der Waals surface area contributed by atoms with Crippen molar-refractivity contribution in [3.8, 4) is 17.6 Å². The minimum atomic E-state index is -4.53. The van der Waals surface area contributed by atoms with Gasteiger partial charge in [-0.15, -0.1) is 5.92 Å². The van der Waals surface area contributed by atoms with Gasteiger partial charge >= 0.3 is 19.5 Å². The monoisotopic (exact) mass is 593 g/mol. The van der Waals surface area contributed by atoms with Crippen molar-refractivity contribution in [2.75, 3.05) is 13.7 Å². The number of carbonyl (C=O) groups excluding carboxylic acids is 1. The molecule has 0 spiro atoms. The van der Waals surface area contributed by atoms with Gasteiger partial charge in [-0.25, -0.2) is 14.2 Å². The number of benzene rings is 1. The Bertz CT molecular complexity index is 1400. The lowest BCUT2D eigenvalue weighted by molar-refractivity contribution is -0.156. The van der Waals surface area contributed by atoms with Crippen molar-refractivity contribution in [1.82, 2.24) is 19.9 Å². The molecule has 17 heteroatoms. The van der Waals surface area contributed by atoms with Crippen molar-refractivity contribution < 1.29 is 37.5 Å². The second kappa shape index (κ2) is 13.8. The summed E-state index contributed by atoms with van der Waals surface area (Å²) in [5.74, 6) is 9.60. The predicted octanol–water partition coefficient (Wildman–Crippen LogP) is 1.40. The first-order valence-corrected chi connectivity index (χ1v) is 13.8. The highest BCUT2D eigenvalue weighted by Gasteiger charge is 2.57. The Morgan fingerprint density at radius 2 is 2.05 bits per heavy atom. The van der Waals surface area contributed by atoms with Crippen LogP contribution in [0.2, 0.25) is 0 Å². The zero-order valence-electron chi connectivity index (χ0n) is 23.0. The van der Waals surface area contributed by atoms with Gasteiger partial charge < -0.3 is 24.9 Å². The van der Waals surface area contributed by atoms with Crippen LogP contribution in [0, 0.1) is 11.8 Å². The van der Waals surface area contributed by atoms with Crippen LogP contribution in [-0.2, 0) is 27.9 Å². The molecule has 0 saturated carbocycles. The quantitative estimate of drug-likeness (QED) is 0.0794. The van der Waals surface area contributed by atoms with E-state index in [9.17, 15) is 19.3 Å². The summed E-state index contributed by atoms with van der Waals surface area (Å²) >= 11 is 0. The van der Waals surface area contributed by atoms with E-state index in [4.69, 9.17) is 28.9 Å². The number of phosphoric acid groups is 1. The van der Waals surface area contributed by atoms with E-state index in [0.29, 0.717) is 0 Å². The fourth-order valence-corrected chi connectivity index (χ4v) is 5.23. The molecule has 1 fully saturated rings. The third-order valence-electron chi connectivity index (χ3n) is 5.70. The number of ether oxygens (including phenoxy) is 2. The Kier molecular flexibility index (Phi) is 10.7. The van der Waals surface area contributed by atoms with Crippen molar-refractivity contribution in [2.45, 2.75) is 63.9 Å². The molecule has 0 amide bonds. The summed E-state index contributed by atoms with van der Waals surface area (Å²) in [6, 6.07) is 8.01. The van der Waals surface area contributed by atoms with Crippen LogP contribution < -0.4 is 21.4 Å². The zero-order valence-corrected chi connectivity index (χ0v) is 23.9. The van der Waals surface area contributed by atoms with Crippen LogP contribution in [0.15, 0.2) is 51.8 Å². The number of hydrogen-bond donors (Lipinski definition) is 3. The Morgan fingerprint density at radius 1 is 1.34 bits per heavy atom. The van der Waals surface area contributed by atoms with E-state index < -0.39 is 62.3 Å². The third-order valence-corrected chi connectivity index (χ3v) is 7.17. The molecule has 41 heavy (non-hydrogen) atoms. The van der Waals surface area contributed by atoms with E-state index in [1.54, 1.807) is 32.0 Å². The molecule has 0 radical (unpaired) electrons. The molecule has 1 aromatic carbocycles. The normalized spacial score (nSPS) is 24.4. The van der Waals surface area contributed by atoms with Gasteiger partial charge in [0.2, 0.25) is 0 Å². The fourth-order valence-electron chi connectivity index (χ4n) is 3.89. The minimum Gasteiger partial charge on any atom is -0.461 e. The Morgan fingerprint density at radius 3 is 2.63 bits per heavy atom. The molecular formula is C24H32N7O9P. The van der Waals surface area contributed by atoms with Gasteiger partial charge in [0.1, 0.15) is 24.3 Å². The molecule has 1 aliphatic rings. The summed E-state index contributed by atoms with van der Waals surface area (Å²) in [4.78, 5) is 32.7. The number of phosphoric ester groups is 1. The number of nitrogens with one attached hydrogen (secondary N) is 1. The second-order valence-corrected chi connectivity index (χ2v) is 10.5. The number of rotatable bonds is 12. The molecule has 2 aromatic rings. The first kappa shape index (κ1) is 31.8. The maximum Gasteiger partial charge on any atom is 0.530 e. The Balaban J connectivity index is 1.91. The summed E-state index contributed by atoms with van der Waals surface area (Å²) in [5, 5.41) is 20.7. The summed E-state index contributed by atoms with van der Waals surface area (Å²) in [6.45, 7) is 5.59. The first-order valence-electron chi connectivity index (χ1n) is 12.4. The van der Waals surface area contributed by atoms with Gasteiger partial charge in [0.25, 0.3) is 5.95 Å². The molecule has 222 valence electrons. The molecule has 2 heterocycles. The molecule has 1 aromatic heterocycles. The van der Waals surface area contributed by atoms with Gasteiger partial charge in [0, 0.05) is 0 Å². The molecule has 3 rings (SSSR count). The van der Waals surface area contributed by atoms with Crippen LogP contribution in [-0.4, -0.2) is 69.2 Å². The maximum absolute atomic E-state index is 13.7. The summed E-state index contributed by atoms with van der Waals surface area (Å²) in [6.07, 6.45) is -4.67. The average Bonchev–Trinajstić information content (AvgIpc) is 3.19. The van der Waals surface area contributed by atoms with Crippen LogP contribution in [0.1, 0.15) is 33.9 Å². The Hall–Kier alpha value is -3.71. The summed E-state index contributed by atoms with van der Waals surface area (Å²) in [5.41, 5.74) is -2.41. The minimum absolute atomic E-state index is 0.130. The number of esters is 1. The molecular weight excluding hydrogens is 561 g/mol. The number of para-hydroxylation sites is 1. The van der Waals surface area contributed by atoms with Crippen molar-refractivity contribution in [3.05, 3.63) is 47.1 Å².